The molecule has 4 aromatic rings. The maximum atomic E-state index is 10.9. The van der Waals surface area contributed by atoms with E-state index in [1.807, 2.05) is 30.7 Å². The number of nitrogens with zero attached hydrogens (tertiary/aromatic N) is 2. The highest BCUT2D eigenvalue weighted by Gasteiger charge is 2.30. The molecule has 0 amide bonds. The van der Waals surface area contributed by atoms with Crippen molar-refractivity contribution in [1.29, 1.82) is 0 Å². The third-order valence-corrected chi connectivity index (χ3v) is 5.20. The predicted octanol–water partition coefficient (Wildman–Crippen LogP) is 4.73. The zero-order valence-electron chi connectivity index (χ0n) is 13.7. The van der Waals surface area contributed by atoms with Crippen LogP contribution in [0.15, 0.2) is 79.3 Å². The molecule has 122 valence electrons. The van der Waals surface area contributed by atoms with E-state index >= 15 is 0 Å². The van der Waals surface area contributed by atoms with Crippen LogP contribution in [-0.2, 0) is 0 Å². The summed E-state index contributed by atoms with van der Waals surface area (Å²) in [6.45, 7) is 0. The molecule has 0 aliphatic carbocycles. The molecule has 5 rings (SSSR count). The first-order chi connectivity index (χ1) is 12.3. The molecule has 1 aliphatic rings. The van der Waals surface area contributed by atoms with Gasteiger partial charge in [0.25, 0.3) is 0 Å². The van der Waals surface area contributed by atoms with E-state index in [0.29, 0.717) is 6.42 Å². The first-order valence-electron chi connectivity index (χ1n) is 8.59. The van der Waals surface area contributed by atoms with Crippen molar-refractivity contribution in [1.82, 2.24) is 9.55 Å². The molecule has 1 N–H and O–H groups in total. The van der Waals surface area contributed by atoms with Crippen molar-refractivity contribution in [2.75, 3.05) is 0 Å². The van der Waals surface area contributed by atoms with Gasteiger partial charge in [-0.2, -0.15) is 0 Å². The summed E-state index contributed by atoms with van der Waals surface area (Å²) in [5, 5.41) is 13.3. The van der Waals surface area contributed by atoms with Crippen LogP contribution in [0.25, 0.3) is 22.0 Å². The minimum absolute atomic E-state index is 0.121. The van der Waals surface area contributed by atoms with Crippen LogP contribution in [0.4, 0.5) is 0 Å². The van der Waals surface area contributed by atoms with Gasteiger partial charge in [-0.1, -0.05) is 60.7 Å². The van der Waals surface area contributed by atoms with Crippen LogP contribution in [0, 0.1) is 0 Å². The van der Waals surface area contributed by atoms with Gasteiger partial charge in [0.1, 0.15) is 0 Å². The Kier molecular flexibility index (Phi) is 3.22. The fraction of sp³-hybridized carbons (Fsp3) is 0.136. The zero-order valence-corrected chi connectivity index (χ0v) is 13.7. The molecule has 0 fully saturated rings. The van der Waals surface area contributed by atoms with Crippen molar-refractivity contribution < 1.29 is 5.11 Å². The van der Waals surface area contributed by atoms with Crippen molar-refractivity contribution in [2.45, 2.75) is 18.6 Å². The topological polar surface area (TPSA) is 38.1 Å². The Bertz CT molecular complexity index is 1070. The van der Waals surface area contributed by atoms with E-state index in [9.17, 15) is 5.11 Å². The standard InChI is InChI=1S/C22H18N2O/c25-22(17-10-9-15-5-1-2-6-16(15)11-17)12-20-18-7-3-4-8-19(18)21-13-23-14-24(20)21/h1-11,13-14,20,22,25H,12H2. The van der Waals surface area contributed by atoms with Crippen LogP contribution in [0.3, 0.4) is 0 Å². The SMILES string of the molecule is OC(CC1c2ccccc2-c2cncn21)c1ccc2ccccc2c1. The second-order valence-corrected chi connectivity index (χ2v) is 6.65. The molecule has 25 heavy (non-hydrogen) atoms. The van der Waals surface area contributed by atoms with Gasteiger partial charge in [0, 0.05) is 12.0 Å². The molecule has 2 unspecified atom stereocenters. The maximum absolute atomic E-state index is 10.9. The Hall–Kier alpha value is -2.91. The van der Waals surface area contributed by atoms with Crippen molar-refractivity contribution in [2.24, 2.45) is 0 Å². The first kappa shape index (κ1) is 14.4. The average Bonchev–Trinajstić information content (AvgIpc) is 3.24. The summed E-state index contributed by atoms with van der Waals surface area (Å²) < 4.78 is 2.18. The quantitative estimate of drug-likeness (QED) is 0.591. The normalized spacial score (nSPS) is 16.6. The number of rotatable bonds is 3. The minimum Gasteiger partial charge on any atom is -0.388 e. The second kappa shape index (κ2) is 5.57. The smallest absolute Gasteiger partial charge is 0.0956 e. The van der Waals surface area contributed by atoms with Gasteiger partial charge in [0.05, 0.1) is 30.4 Å². The molecule has 0 bridgehead atoms. The lowest BCUT2D eigenvalue weighted by Gasteiger charge is -2.19. The van der Waals surface area contributed by atoms with Gasteiger partial charge in [0.15, 0.2) is 0 Å². The monoisotopic (exact) mass is 326 g/mol. The molecular formula is C22H18N2O. The average molecular weight is 326 g/mol. The number of benzene rings is 3. The number of hydrogen-bond acceptors (Lipinski definition) is 2. The molecule has 3 nitrogen and oxygen atoms in total. The molecular weight excluding hydrogens is 308 g/mol. The van der Waals surface area contributed by atoms with Gasteiger partial charge in [-0.15, -0.1) is 0 Å². The van der Waals surface area contributed by atoms with E-state index in [2.05, 4.69) is 58.1 Å². The van der Waals surface area contributed by atoms with E-state index < -0.39 is 6.10 Å². The number of hydrogen-bond donors (Lipinski definition) is 1. The Morgan fingerprint density at radius 1 is 0.960 bits per heavy atom. The largest absolute Gasteiger partial charge is 0.388 e. The van der Waals surface area contributed by atoms with Gasteiger partial charge in [-0.05, 0) is 28.0 Å². The molecule has 1 aliphatic heterocycles. The van der Waals surface area contributed by atoms with Crippen LogP contribution in [0.2, 0.25) is 0 Å². The lowest BCUT2D eigenvalue weighted by molar-refractivity contribution is 0.154. The van der Waals surface area contributed by atoms with Gasteiger partial charge < -0.3 is 9.67 Å². The van der Waals surface area contributed by atoms with Crippen LogP contribution in [-0.4, -0.2) is 14.7 Å². The predicted molar refractivity (Wildman–Crippen MR) is 99.3 cm³/mol. The number of imidazole rings is 1. The Labute approximate surface area is 146 Å². The second-order valence-electron chi connectivity index (χ2n) is 6.65. The van der Waals surface area contributed by atoms with Crippen molar-refractivity contribution in [3.8, 4) is 11.3 Å². The lowest BCUT2D eigenvalue weighted by Crippen LogP contribution is -2.10. The molecule has 0 radical (unpaired) electrons. The lowest BCUT2D eigenvalue weighted by atomic mass is 9.95. The first-order valence-corrected chi connectivity index (χ1v) is 8.59. The van der Waals surface area contributed by atoms with E-state index in [-0.39, 0.29) is 6.04 Å². The molecule has 1 aromatic heterocycles. The highest BCUT2D eigenvalue weighted by atomic mass is 16.3. The van der Waals surface area contributed by atoms with Crippen molar-refractivity contribution in [3.05, 3.63) is 90.4 Å². The van der Waals surface area contributed by atoms with Crippen LogP contribution >= 0.6 is 0 Å². The number of fused-ring (bicyclic) bond motifs is 4. The number of aromatic nitrogens is 2. The Morgan fingerprint density at radius 2 is 1.76 bits per heavy atom. The van der Waals surface area contributed by atoms with Crippen molar-refractivity contribution in [3.63, 3.8) is 0 Å². The molecule has 0 saturated carbocycles. The fourth-order valence-electron chi connectivity index (χ4n) is 3.94. The molecule has 2 atom stereocenters. The maximum Gasteiger partial charge on any atom is 0.0956 e. The van der Waals surface area contributed by atoms with Crippen molar-refractivity contribution >= 4 is 10.8 Å². The summed E-state index contributed by atoms with van der Waals surface area (Å²) in [5.74, 6) is 0. The van der Waals surface area contributed by atoms with E-state index in [4.69, 9.17) is 0 Å². The van der Waals surface area contributed by atoms with E-state index in [1.165, 1.54) is 16.5 Å². The van der Waals surface area contributed by atoms with E-state index in [0.717, 1.165) is 16.6 Å². The summed E-state index contributed by atoms with van der Waals surface area (Å²) in [5.41, 5.74) is 4.58. The summed E-state index contributed by atoms with van der Waals surface area (Å²) in [4.78, 5) is 4.30. The molecule has 3 aromatic carbocycles. The summed E-state index contributed by atoms with van der Waals surface area (Å²) in [6, 6.07) is 23.0. The third-order valence-electron chi connectivity index (χ3n) is 5.20. The molecule has 0 spiro atoms. The minimum atomic E-state index is -0.518. The van der Waals surface area contributed by atoms with Gasteiger partial charge in [0.2, 0.25) is 0 Å². The highest BCUT2D eigenvalue weighted by Crippen LogP contribution is 2.43. The van der Waals surface area contributed by atoms with Crippen LogP contribution in [0.1, 0.15) is 29.7 Å². The highest BCUT2D eigenvalue weighted by molar-refractivity contribution is 5.83. The van der Waals surface area contributed by atoms with Gasteiger partial charge in [-0.3, -0.25) is 0 Å². The third kappa shape index (κ3) is 2.28. The van der Waals surface area contributed by atoms with Crippen LogP contribution in [0.5, 0.6) is 0 Å². The summed E-state index contributed by atoms with van der Waals surface area (Å²) in [7, 11) is 0. The Balaban J connectivity index is 1.50. The van der Waals surface area contributed by atoms with Gasteiger partial charge in [-0.25, -0.2) is 4.98 Å². The van der Waals surface area contributed by atoms with Crippen LogP contribution < -0.4 is 0 Å². The fourth-order valence-corrected chi connectivity index (χ4v) is 3.94. The summed E-state index contributed by atoms with van der Waals surface area (Å²) >= 11 is 0. The Morgan fingerprint density at radius 3 is 2.68 bits per heavy atom. The van der Waals surface area contributed by atoms with Gasteiger partial charge >= 0.3 is 0 Å². The molecule has 2 heterocycles. The number of aliphatic hydroxyl groups is 1. The molecule has 0 saturated heterocycles. The molecule has 3 heteroatoms. The summed E-state index contributed by atoms with van der Waals surface area (Å²) in [6.07, 6.45) is 3.89. The van der Waals surface area contributed by atoms with E-state index in [1.54, 1.807) is 0 Å². The zero-order chi connectivity index (χ0) is 16.8. The number of aliphatic hydroxyl groups excluding tert-OH is 1.